The van der Waals surface area contributed by atoms with E-state index in [4.69, 9.17) is 4.74 Å². The Labute approximate surface area is 173 Å². The second-order valence-electron chi connectivity index (χ2n) is 6.69. The molecule has 0 atom stereocenters. The summed E-state index contributed by atoms with van der Waals surface area (Å²) in [5.74, 6) is -0.244. The molecule has 1 aromatic heterocycles. The highest BCUT2D eigenvalue weighted by Crippen LogP contribution is 2.21. The number of benzene rings is 2. The summed E-state index contributed by atoms with van der Waals surface area (Å²) in [7, 11) is -3.62. The standard InChI is InChI=1S/C19H20N6O4S/c26-19(12-15-4-6-17(7-5-15)25-14-20-22-23-25)21-16-2-1-3-18(13-16)30(27,28)24-8-10-29-11-9-24/h1-7,13-14H,8-12H2,(H,21,26). The van der Waals surface area contributed by atoms with E-state index in [1.807, 2.05) is 24.3 Å². The van der Waals surface area contributed by atoms with Gasteiger partial charge in [-0.1, -0.05) is 18.2 Å². The van der Waals surface area contributed by atoms with E-state index in [1.165, 1.54) is 27.4 Å². The van der Waals surface area contributed by atoms with Crippen LogP contribution >= 0.6 is 0 Å². The minimum Gasteiger partial charge on any atom is -0.379 e. The van der Waals surface area contributed by atoms with Crippen molar-refractivity contribution in [1.29, 1.82) is 0 Å². The highest BCUT2D eigenvalue weighted by atomic mass is 32.2. The lowest BCUT2D eigenvalue weighted by Crippen LogP contribution is -2.40. The van der Waals surface area contributed by atoms with Crippen molar-refractivity contribution in [2.24, 2.45) is 0 Å². The van der Waals surface area contributed by atoms with E-state index in [0.29, 0.717) is 32.0 Å². The third-order valence-electron chi connectivity index (χ3n) is 4.64. The lowest BCUT2D eigenvalue weighted by Gasteiger charge is -2.26. The fourth-order valence-corrected chi connectivity index (χ4v) is 4.56. The van der Waals surface area contributed by atoms with E-state index < -0.39 is 10.0 Å². The first-order chi connectivity index (χ1) is 14.5. The number of anilines is 1. The molecular weight excluding hydrogens is 408 g/mol. The third-order valence-corrected chi connectivity index (χ3v) is 6.53. The average Bonchev–Trinajstić information content (AvgIpc) is 3.30. The summed E-state index contributed by atoms with van der Waals surface area (Å²) in [4.78, 5) is 12.6. The van der Waals surface area contributed by atoms with Gasteiger partial charge in [0, 0.05) is 18.8 Å². The third kappa shape index (κ3) is 4.53. The molecule has 1 fully saturated rings. The number of rotatable bonds is 6. The molecule has 0 unspecified atom stereocenters. The maximum atomic E-state index is 12.8. The molecule has 1 aliphatic rings. The molecule has 1 amide bonds. The van der Waals surface area contributed by atoms with Gasteiger partial charge in [0.2, 0.25) is 15.9 Å². The predicted octanol–water partition coefficient (Wildman–Crippen LogP) is 0.864. The molecule has 1 N–H and O–H groups in total. The Morgan fingerprint density at radius 1 is 1.10 bits per heavy atom. The molecule has 11 heteroatoms. The second-order valence-corrected chi connectivity index (χ2v) is 8.63. The second kappa shape index (κ2) is 8.69. The molecule has 0 spiro atoms. The molecule has 10 nitrogen and oxygen atoms in total. The first kappa shape index (κ1) is 20.1. The SMILES string of the molecule is O=C(Cc1ccc(-n2cnnn2)cc1)Nc1cccc(S(=O)(=O)N2CCOCC2)c1. The molecule has 0 aliphatic carbocycles. The van der Waals surface area contributed by atoms with Crippen molar-refractivity contribution in [1.82, 2.24) is 24.5 Å². The minimum absolute atomic E-state index is 0.146. The van der Waals surface area contributed by atoms with Crippen molar-refractivity contribution < 1.29 is 17.9 Å². The van der Waals surface area contributed by atoms with E-state index in [9.17, 15) is 13.2 Å². The monoisotopic (exact) mass is 428 g/mol. The van der Waals surface area contributed by atoms with E-state index >= 15 is 0 Å². The molecule has 0 radical (unpaired) electrons. The van der Waals surface area contributed by atoms with E-state index in [2.05, 4.69) is 20.8 Å². The Morgan fingerprint density at radius 3 is 2.57 bits per heavy atom. The molecular formula is C19H20N6O4S. The van der Waals surface area contributed by atoms with Gasteiger partial charge in [0.15, 0.2) is 0 Å². The molecule has 2 heterocycles. The molecule has 4 rings (SSSR count). The number of aromatic nitrogens is 4. The number of nitrogens with one attached hydrogen (secondary N) is 1. The summed E-state index contributed by atoms with van der Waals surface area (Å²) in [6.45, 7) is 1.39. The van der Waals surface area contributed by atoms with Crippen LogP contribution in [0.1, 0.15) is 5.56 Å². The summed E-state index contributed by atoms with van der Waals surface area (Å²) in [6.07, 6.45) is 1.63. The zero-order chi connectivity index (χ0) is 21.0. The topological polar surface area (TPSA) is 119 Å². The van der Waals surface area contributed by atoms with Gasteiger partial charge in [-0.05, 0) is 46.3 Å². The van der Waals surface area contributed by atoms with Crippen molar-refractivity contribution >= 4 is 21.6 Å². The van der Waals surface area contributed by atoms with E-state index in [0.717, 1.165) is 11.3 Å². The zero-order valence-corrected chi connectivity index (χ0v) is 16.8. The van der Waals surface area contributed by atoms with Gasteiger partial charge in [-0.2, -0.15) is 4.31 Å². The van der Waals surface area contributed by atoms with Crippen LogP contribution in [0.5, 0.6) is 0 Å². The highest BCUT2D eigenvalue weighted by molar-refractivity contribution is 7.89. The van der Waals surface area contributed by atoms with Crippen molar-refractivity contribution in [3.05, 3.63) is 60.4 Å². The lowest BCUT2D eigenvalue weighted by molar-refractivity contribution is -0.115. The van der Waals surface area contributed by atoms with Gasteiger partial charge in [0.05, 0.1) is 30.2 Å². The normalized spacial score (nSPS) is 15.1. The molecule has 30 heavy (non-hydrogen) atoms. The number of tetrazole rings is 1. The average molecular weight is 428 g/mol. The van der Waals surface area contributed by atoms with Crippen LogP contribution in [0, 0.1) is 0 Å². The Kier molecular flexibility index (Phi) is 5.84. The first-order valence-electron chi connectivity index (χ1n) is 9.32. The summed E-state index contributed by atoms with van der Waals surface area (Å²) < 4.78 is 33.7. The molecule has 1 aliphatic heterocycles. The van der Waals surface area contributed by atoms with Gasteiger partial charge >= 0.3 is 0 Å². The Bertz CT molecular complexity index is 1110. The van der Waals surface area contributed by atoms with E-state index in [-0.39, 0.29) is 17.2 Å². The molecule has 0 bridgehead atoms. The van der Waals surface area contributed by atoms with Crippen LogP contribution in [0.2, 0.25) is 0 Å². The Hall–Kier alpha value is -3.15. The number of amides is 1. The van der Waals surface area contributed by atoms with Gasteiger partial charge in [0.25, 0.3) is 0 Å². The number of nitrogens with zero attached hydrogens (tertiary/aromatic N) is 5. The number of carbonyl (C=O) groups excluding carboxylic acids is 1. The van der Waals surface area contributed by atoms with Gasteiger partial charge in [0.1, 0.15) is 6.33 Å². The van der Waals surface area contributed by atoms with E-state index in [1.54, 1.807) is 12.1 Å². The molecule has 3 aromatic rings. The molecule has 156 valence electrons. The number of ether oxygens (including phenoxy) is 1. The largest absolute Gasteiger partial charge is 0.379 e. The quantitative estimate of drug-likeness (QED) is 0.618. The summed E-state index contributed by atoms with van der Waals surface area (Å²) in [5.41, 5.74) is 2.02. The number of carbonyl (C=O) groups is 1. The molecule has 2 aromatic carbocycles. The van der Waals surface area contributed by atoms with Crippen molar-refractivity contribution in [3.8, 4) is 5.69 Å². The molecule has 0 saturated carbocycles. The smallest absolute Gasteiger partial charge is 0.243 e. The van der Waals surface area contributed by atoms with Crippen molar-refractivity contribution in [2.45, 2.75) is 11.3 Å². The van der Waals surface area contributed by atoms with Crippen molar-refractivity contribution in [3.63, 3.8) is 0 Å². The first-order valence-corrected chi connectivity index (χ1v) is 10.8. The fourth-order valence-electron chi connectivity index (χ4n) is 3.11. The van der Waals surface area contributed by atoms with Crippen LogP contribution in [-0.4, -0.2) is 65.1 Å². The van der Waals surface area contributed by atoms with Gasteiger partial charge in [-0.3, -0.25) is 4.79 Å². The number of hydrogen-bond donors (Lipinski definition) is 1. The summed E-state index contributed by atoms with van der Waals surface area (Å²) in [5, 5.41) is 13.7. The number of sulfonamides is 1. The van der Waals surface area contributed by atoms with Crippen molar-refractivity contribution in [2.75, 3.05) is 31.6 Å². The maximum absolute atomic E-state index is 12.8. The molecule has 1 saturated heterocycles. The van der Waals surface area contributed by atoms with Crippen LogP contribution in [-0.2, 0) is 26.0 Å². The fraction of sp³-hybridized carbons (Fsp3) is 0.263. The Morgan fingerprint density at radius 2 is 1.87 bits per heavy atom. The van der Waals surface area contributed by atoms with Crippen LogP contribution in [0.25, 0.3) is 5.69 Å². The summed E-state index contributed by atoms with van der Waals surface area (Å²) >= 11 is 0. The van der Waals surface area contributed by atoms with Gasteiger partial charge in [-0.15, -0.1) is 5.10 Å². The van der Waals surface area contributed by atoms with Gasteiger partial charge < -0.3 is 10.1 Å². The van der Waals surface area contributed by atoms with Crippen LogP contribution in [0.4, 0.5) is 5.69 Å². The maximum Gasteiger partial charge on any atom is 0.243 e. The van der Waals surface area contributed by atoms with Crippen LogP contribution in [0.3, 0.4) is 0 Å². The summed E-state index contributed by atoms with van der Waals surface area (Å²) in [6, 6.07) is 13.5. The van der Waals surface area contributed by atoms with Crippen LogP contribution in [0.15, 0.2) is 59.8 Å². The Balaban J connectivity index is 1.42. The zero-order valence-electron chi connectivity index (χ0n) is 16.0. The van der Waals surface area contributed by atoms with Crippen LogP contribution < -0.4 is 5.32 Å². The highest BCUT2D eigenvalue weighted by Gasteiger charge is 2.26. The lowest BCUT2D eigenvalue weighted by atomic mass is 10.1. The number of hydrogen-bond acceptors (Lipinski definition) is 7. The predicted molar refractivity (Wildman–Crippen MR) is 108 cm³/mol. The number of morpholine rings is 1. The minimum atomic E-state index is -3.62. The van der Waals surface area contributed by atoms with Gasteiger partial charge in [-0.25, -0.2) is 13.1 Å².